The molecule has 0 fully saturated rings. The second-order valence-electron chi connectivity index (χ2n) is 3.89. The highest BCUT2D eigenvalue weighted by Crippen LogP contribution is 2.28. The molecule has 0 saturated carbocycles. The van der Waals surface area contributed by atoms with E-state index in [4.69, 9.17) is 20.9 Å². The third kappa shape index (κ3) is 4.47. The number of primary amides is 1. The summed E-state index contributed by atoms with van der Waals surface area (Å²) in [4.78, 5) is 21.8. The van der Waals surface area contributed by atoms with Crippen LogP contribution in [-0.2, 0) is 4.79 Å². The van der Waals surface area contributed by atoms with Crippen molar-refractivity contribution in [3.63, 3.8) is 0 Å². The Morgan fingerprint density at radius 1 is 1.42 bits per heavy atom. The first-order valence-corrected chi connectivity index (χ1v) is 5.59. The molecule has 19 heavy (non-hydrogen) atoms. The minimum atomic E-state index is -0.924. The number of carbonyl (C=O) groups is 2. The fraction of sp³-hybridized carbons (Fsp3) is 0.333. The molecule has 3 amide bonds. The van der Waals surface area contributed by atoms with E-state index in [1.165, 1.54) is 7.11 Å². The third-order valence-corrected chi connectivity index (χ3v) is 2.33. The molecular formula is C12H17N3O4. The third-order valence-electron chi connectivity index (χ3n) is 2.33. The molecule has 0 aromatic heterocycles. The highest BCUT2D eigenvalue weighted by atomic mass is 16.5. The Bertz CT molecular complexity index is 474. The molecular weight excluding hydrogens is 250 g/mol. The van der Waals surface area contributed by atoms with Crippen molar-refractivity contribution in [1.82, 2.24) is 5.32 Å². The van der Waals surface area contributed by atoms with E-state index in [2.05, 4.69) is 0 Å². The molecule has 5 N–H and O–H groups in total. The van der Waals surface area contributed by atoms with Crippen molar-refractivity contribution in [2.24, 2.45) is 11.5 Å². The SMILES string of the molecule is COc1ccc([C@H](C)N)c(OCC(=O)NC(N)=O)c1. The zero-order valence-electron chi connectivity index (χ0n) is 10.8. The van der Waals surface area contributed by atoms with Gasteiger partial charge in [0.2, 0.25) is 0 Å². The summed E-state index contributed by atoms with van der Waals surface area (Å²) in [6, 6.07) is 3.93. The number of nitrogens with two attached hydrogens (primary N) is 2. The predicted molar refractivity (Wildman–Crippen MR) is 68.8 cm³/mol. The Kier molecular flexibility index (Phi) is 5.13. The number of ether oxygens (including phenoxy) is 2. The van der Waals surface area contributed by atoms with Crippen LogP contribution in [-0.4, -0.2) is 25.7 Å². The van der Waals surface area contributed by atoms with Gasteiger partial charge in [-0.05, 0) is 13.0 Å². The molecule has 0 bridgehead atoms. The fourth-order valence-electron chi connectivity index (χ4n) is 1.46. The van der Waals surface area contributed by atoms with Crippen molar-refractivity contribution in [2.45, 2.75) is 13.0 Å². The van der Waals surface area contributed by atoms with Crippen LogP contribution in [0.1, 0.15) is 18.5 Å². The van der Waals surface area contributed by atoms with Crippen molar-refractivity contribution in [2.75, 3.05) is 13.7 Å². The molecule has 0 aliphatic heterocycles. The first-order valence-electron chi connectivity index (χ1n) is 5.59. The summed E-state index contributed by atoms with van der Waals surface area (Å²) in [6.07, 6.45) is 0. The van der Waals surface area contributed by atoms with Gasteiger partial charge in [0.05, 0.1) is 7.11 Å². The number of urea groups is 1. The van der Waals surface area contributed by atoms with Gasteiger partial charge in [0.25, 0.3) is 5.91 Å². The van der Waals surface area contributed by atoms with Crippen LogP contribution in [0.2, 0.25) is 0 Å². The maximum atomic E-state index is 11.3. The van der Waals surface area contributed by atoms with E-state index in [-0.39, 0.29) is 12.6 Å². The van der Waals surface area contributed by atoms with Gasteiger partial charge in [0.15, 0.2) is 6.61 Å². The topological polar surface area (TPSA) is 117 Å². The molecule has 1 rings (SSSR count). The van der Waals surface area contributed by atoms with Gasteiger partial charge in [-0.3, -0.25) is 10.1 Å². The van der Waals surface area contributed by atoms with Crippen molar-refractivity contribution in [3.8, 4) is 11.5 Å². The molecule has 7 nitrogen and oxygen atoms in total. The Hall–Kier alpha value is -2.28. The van der Waals surface area contributed by atoms with Gasteiger partial charge in [0, 0.05) is 17.7 Å². The zero-order chi connectivity index (χ0) is 14.4. The summed E-state index contributed by atoms with van der Waals surface area (Å²) in [6.45, 7) is 1.45. The fourth-order valence-corrected chi connectivity index (χ4v) is 1.46. The molecule has 0 unspecified atom stereocenters. The van der Waals surface area contributed by atoms with Crippen LogP contribution in [0.4, 0.5) is 4.79 Å². The number of nitrogens with one attached hydrogen (secondary N) is 1. The summed E-state index contributed by atoms with van der Waals surface area (Å²) in [7, 11) is 1.52. The van der Waals surface area contributed by atoms with Crippen molar-refractivity contribution >= 4 is 11.9 Å². The molecule has 1 aromatic rings. The summed E-state index contributed by atoms with van der Waals surface area (Å²) in [5, 5.41) is 1.90. The second-order valence-corrected chi connectivity index (χ2v) is 3.89. The molecule has 104 valence electrons. The van der Waals surface area contributed by atoms with Crippen molar-refractivity contribution < 1.29 is 19.1 Å². The van der Waals surface area contributed by atoms with Gasteiger partial charge >= 0.3 is 6.03 Å². The Balaban J connectivity index is 2.80. The number of hydrogen-bond donors (Lipinski definition) is 3. The quantitative estimate of drug-likeness (QED) is 0.708. The molecule has 0 aliphatic rings. The van der Waals surface area contributed by atoms with Gasteiger partial charge in [-0.25, -0.2) is 4.79 Å². The van der Waals surface area contributed by atoms with E-state index in [0.717, 1.165) is 5.56 Å². The molecule has 0 aliphatic carbocycles. The first kappa shape index (κ1) is 14.8. The lowest BCUT2D eigenvalue weighted by atomic mass is 10.1. The maximum Gasteiger partial charge on any atom is 0.318 e. The number of hydrogen-bond acceptors (Lipinski definition) is 5. The summed E-state index contributed by atoms with van der Waals surface area (Å²) < 4.78 is 10.4. The minimum Gasteiger partial charge on any atom is -0.497 e. The van der Waals surface area contributed by atoms with Crippen LogP contribution in [0.25, 0.3) is 0 Å². The van der Waals surface area contributed by atoms with Gasteiger partial charge in [-0.15, -0.1) is 0 Å². The lowest BCUT2D eigenvalue weighted by molar-refractivity contribution is -0.121. The lowest BCUT2D eigenvalue weighted by Gasteiger charge is -2.14. The average molecular weight is 267 g/mol. The van der Waals surface area contributed by atoms with Crippen LogP contribution in [0.5, 0.6) is 11.5 Å². The molecule has 0 spiro atoms. The Morgan fingerprint density at radius 2 is 2.11 bits per heavy atom. The predicted octanol–water partition coefficient (Wildman–Crippen LogP) is 0.289. The van der Waals surface area contributed by atoms with E-state index in [9.17, 15) is 9.59 Å². The first-order chi connectivity index (χ1) is 8.93. The van der Waals surface area contributed by atoms with E-state index >= 15 is 0 Å². The van der Waals surface area contributed by atoms with Gasteiger partial charge < -0.3 is 20.9 Å². The van der Waals surface area contributed by atoms with Gasteiger partial charge in [-0.2, -0.15) is 0 Å². The Morgan fingerprint density at radius 3 is 2.63 bits per heavy atom. The highest BCUT2D eigenvalue weighted by molar-refractivity contribution is 5.94. The summed E-state index contributed by atoms with van der Waals surface area (Å²) in [5.41, 5.74) is 11.3. The van der Waals surface area contributed by atoms with E-state index < -0.39 is 11.9 Å². The smallest absolute Gasteiger partial charge is 0.318 e. The molecule has 1 aromatic carbocycles. The number of methoxy groups -OCH3 is 1. The van der Waals surface area contributed by atoms with E-state index in [1.54, 1.807) is 25.1 Å². The molecule has 0 saturated heterocycles. The summed E-state index contributed by atoms with van der Waals surface area (Å²) in [5.74, 6) is 0.370. The van der Waals surface area contributed by atoms with Crippen LogP contribution < -0.4 is 26.3 Å². The van der Waals surface area contributed by atoms with E-state index in [1.807, 2.05) is 5.32 Å². The van der Waals surface area contributed by atoms with E-state index in [0.29, 0.717) is 11.5 Å². The Labute approximate surface area is 110 Å². The van der Waals surface area contributed by atoms with Gasteiger partial charge in [0.1, 0.15) is 11.5 Å². The van der Waals surface area contributed by atoms with Gasteiger partial charge in [-0.1, -0.05) is 6.07 Å². The lowest BCUT2D eigenvalue weighted by Crippen LogP contribution is -2.38. The second kappa shape index (κ2) is 6.60. The molecule has 7 heteroatoms. The molecule has 0 heterocycles. The molecule has 0 radical (unpaired) electrons. The average Bonchev–Trinajstić information content (AvgIpc) is 2.34. The number of rotatable bonds is 5. The largest absolute Gasteiger partial charge is 0.497 e. The summed E-state index contributed by atoms with van der Waals surface area (Å²) >= 11 is 0. The van der Waals surface area contributed by atoms with Crippen LogP contribution in [0, 0.1) is 0 Å². The number of benzene rings is 1. The van der Waals surface area contributed by atoms with Crippen LogP contribution >= 0.6 is 0 Å². The van der Waals surface area contributed by atoms with Crippen LogP contribution in [0.15, 0.2) is 18.2 Å². The maximum absolute atomic E-state index is 11.3. The molecule has 1 atom stereocenters. The number of imide groups is 1. The number of carbonyl (C=O) groups excluding carboxylic acids is 2. The minimum absolute atomic E-state index is 0.264. The highest BCUT2D eigenvalue weighted by Gasteiger charge is 2.12. The van der Waals surface area contributed by atoms with Crippen LogP contribution in [0.3, 0.4) is 0 Å². The van der Waals surface area contributed by atoms with Crippen molar-refractivity contribution in [3.05, 3.63) is 23.8 Å². The zero-order valence-corrected chi connectivity index (χ0v) is 10.8. The normalized spacial score (nSPS) is 11.5. The van der Waals surface area contributed by atoms with Crippen molar-refractivity contribution in [1.29, 1.82) is 0 Å². The monoisotopic (exact) mass is 267 g/mol. The standard InChI is InChI=1S/C12H17N3O4/c1-7(13)9-4-3-8(18-2)5-10(9)19-6-11(16)15-12(14)17/h3-5,7H,6,13H2,1-2H3,(H3,14,15,16,17)/t7-/m0/s1. The number of amides is 3.